The molecule has 1 unspecified atom stereocenters. The summed E-state index contributed by atoms with van der Waals surface area (Å²) in [6.45, 7) is 4.81. The number of hydrogen-bond acceptors (Lipinski definition) is 4. The molecule has 3 rings (SSSR count). The lowest BCUT2D eigenvalue weighted by Gasteiger charge is -2.48. The Bertz CT molecular complexity index is 511. The summed E-state index contributed by atoms with van der Waals surface area (Å²) in [5, 5.41) is 10.5. The third-order valence-electron chi connectivity index (χ3n) is 4.27. The van der Waals surface area contributed by atoms with E-state index in [-0.39, 0.29) is 11.2 Å². The highest BCUT2D eigenvalue weighted by atomic mass is 16.5. The van der Waals surface area contributed by atoms with Crippen LogP contribution in [-0.4, -0.2) is 30.0 Å². The molecule has 4 heteroatoms. The van der Waals surface area contributed by atoms with Gasteiger partial charge in [0.2, 0.25) is 0 Å². The topological polar surface area (TPSA) is 47.9 Å². The van der Waals surface area contributed by atoms with Crippen molar-refractivity contribution in [3.8, 4) is 11.5 Å². The highest BCUT2D eigenvalue weighted by Gasteiger charge is 2.47. The molecule has 2 heterocycles. The van der Waals surface area contributed by atoms with E-state index in [9.17, 15) is 5.11 Å². The van der Waals surface area contributed by atoms with Crippen molar-refractivity contribution < 1.29 is 19.3 Å². The van der Waals surface area contributed by atoms with Gasteiger partial charge in [-0.05, 0) is 26.0 Å². The number of aliphatic hydroxyl groups excluding tert-OH is 1. The molecule has 1 aromatic rings. The first-order valence-corrected chi connectivity index (χ1v) is 7.12. The van der Waals surface area contributed by atoms with Crippen molar-refractivity contribution in [2.24, 2.45) is 0 Å². The molecule has 1 aromatic carbocycles. The summed E-state index contributed by atoms with van der Waals surface area (Å²) >= 11 is 0. The van der Waals surface area contributed by atoms with Crippen LogP contribution < -0.4 is 9.47 Å². The fraction of sp³-hybridized carbons (Fsp3) is 0.625. The van der Waals surface area contributed by atoms with Crippen molar-refractivity contribution in [1.82, 2.24) is 0 Å². The van der Waals surface area contributed by atoms with Crippen molar-refractivity contribution in [3.63, 3.8) is 0 Å². The molecule has 2 aliphatic rings. The Labute approximate surface area is 119 Å². The van der Waals surface area contributed by atoms with Gasteiger partial charge in [-0.1, -0.05) is 0 Å². The van der Waals surface area contributed by atoms with Crippen LogP contribution in [0.2, 0.25) is 0 Å². The summed E-state index contributed by atoms with van der Waals surface area (Å²) in [6.07, 6.45) is 1.73. The largest absolute Gasteiger partial charge is 0.497 e. The fourth-order valence-corrected chi connectivity index (χ4v) is 3.43. The smallest absolute Gasteiger partial charge is 0.129 e. The van der Waals surface area contributed by atoms with Crippen molar-refractivity contribution in [2.45, 2.75) is 50.4 Å². The van der Waals surface area contributed by atoms with Gasteiger partial charge in [-0.2, -0.15) is 0 Å². The molecule has 0 radical (unpaired) electrons. The van der Waals surface area contributed by atoms with Crippen LogP contribution in [0.3, 0.4) is 0 Å². The number of ether oxygens (including phenoxy) is 3. The van der Waals surface area contributed by atoms with Gasteiger partial charge in [-0.15, -0.1) is 0 Å². The van der Waals surface area contributed by atoms with Crippen LogP contribution >= 0.6 is 0 Å². The summed E-state index contributed by atoms with van der Waals surface area (Å²) in [7, 11) is 1.63. The minimum atomic E-state index is -0.487. The highest BCUT2D eigenvalue weighted by molar-refractivity contribution is 5.44. The Morgan fingerprint density at radius 2 is 2.15 bits per heavy atom. The van der Waals surface area contributed by atoms with Gasteiger partial charge < -0.3 is 19.3 Å². The average Bonchev–Trinajstić information content (AvgIpc) is 2.36. The van der Waals surface area contributed by atoms with E-state index in [1.54, 1.807) is 7.11 Å². The van der Waals surface area contributed by atoms with Gasteiger partial charge in [-0.3, -0.25) is 0 Å². The van der Waals surface area contributed by atoms with Crippen molar-refractivity contribution in [1.29, 1.82) is 0 Å². The van der Waals surface area contributed by atoms with E-state index in [1.807, 2.05) is 18.2 Å². The lowest BCUT2D eigenvalue weighted by Crippen LogP contribution is -2.51. The first kappa shape index (κ1) is 13.7. The molecule has 2 atom stereocenters. The molecule has 0 aromatic heterocycles. The fourth-order valence-electron chi connectivity index (χ4n) is 3.43. The second-order valence-corrected chi connectivity index (χ2v) is 6.44. The SMILES string of the molecule is COc1ccc2c(c1)OC1(CCOC(C)(C)C1)C[C@H]2O. The Kier molecular flexibility index (Phi) is 3.18. The van der Waals surface area contributed by atoms with E-state index in [1.165, 1.54) is 0 Å². The Balaban J connectivity index is 1.94. The Morgan fingerprint density at radius 3 is 2.85 bits per heavy atom. The van der Waals surface area contributed by atoms with Gasteiger partial charge in [0.25, 0.3) is 0 Å². The molecule has 1 fully saturated rings. The van der Waals surface area contributed by atoms with Crippen LogP contribution in [-0.2, 0) is 4.74 Å². The molecular weight excluding hydrogens is 256 g/mol. The third kappa shape index (κ3) is 2.38. The molecule has 1 saturated heterocycles. The van der Waals surface area contributed by atoms with Gasteiger partial charge in [-0.25, -0.2) is 0 Å². The number of rotatable bonds is 1. The summed E-state index contributed by atoms with van der Waals surface area (Å²) in [5.74, 6) is 1.49. The maximum Gasteiger partial charge on any atom is 0.129 e. The zero-order valence-electron chi connectivity index (χ0n) is 12.3. The Morgan fingerprint density at radius 1 is 1.35 bits per heavy atom. The molecule has 1 spiro atoms. The quantitative estimate of drug-likeness (QED) is 0.858. The third-order valence-corrected chi connectivity index (χ3v) is 4.27. The second-order valence-electron chi connectivity index (χ2n) is 6.44. The van der Waals surface area contributed by atoms with E-state index in [4.69, 9.17) is 14.2 Å². The number of benzene rings is 1. The first-order chi connectivity index (χ1) is 9.43. The number of hydrogen-bond donors (Lipinski definition) is 1. The van der Waals surface area contributed by atoms with E-state index in [0.717, 1.165) is 29.9 Å². The highest BCUT2D eigenvalue weighted by Crippen LogP contribution is 2.47. The second kappa shape index (κ2) is 4.64. The molecule has 0 amide bonds. The van der Waals surface area contributed by atoms with Gasteiger partial charge in [0, 0.05) is 30.9 Å². The number of methoxy groups -OCH3 is 1. The molecule has 0 bridgehead atoms. The molecule has 4 nitrogen and oxygen atoms in total. The monoisotopic (exact) mass is 278 g/mol. The zero-order valence-corrected chi connectivity index (χ0v) is 12.3. The normalized spacial score (nSPS) is 31.5. The average molecular weight is 278 g/mol. The van der Waals surface area contributed by atoms with Crippen LogP contribution in [0, 0.1) is 0 Å². The molecule has 0 aliphatic carbocycles. The number of fused-ring (bicyclic) bond motifs is 1. The lowest BCUT2D eigenvalue weighted by atomic mass is 9.77. The van der Waals surface area contributed by atoms with Gasteiger partial charge in [0.05, 0.1) is 25.4 Å². The summed E-state index contributed by atoms with van der Waals surface area (Å²) in [5.41, 5.74) is 0.301. The van der Waals surface area contributed by atoms with Crippen LogP contribution in [0.4, 0.5) is 0 Å². The molecular formula is C16H22O4. The Hall–Kier alpha value is -1.26. The number of aliphatic hydroxyl groups is 1. The van der Waals surface area contributed by atoms with Gasteiger partial charge >= 0.3 is 0 Å². The van der Waals surface area contributed by atoms with Crippen LogP contribution in [0.5, 0.6) is 11.5 Å². The van der Waals surface area contributed by atoms with Crippen molar-refractivity contribution in [2.75, 3.05) is 13.7 Å². The van der Waals surface area contributed by atoms with Crippen LogP contribution in [0.25, 0.3) is 0 Å². The minimum absolute atomic E-state index is 0.214. The van der Waals surface area contributed by atoms with Crippen LogP contribution in [0.15, 0.2) is 18.2 Å². The predicted molar refractivity (Wildman–Crippen MR) is 75.2 cm³/mol. The maximum atomic E-state index is 10.5. The van der Waals surface area contributed by atoms with E-state index < -0.39 is 6.10 Å². The molecule has 1 N–H and O–H groups in total. The minimum Gasteiger partial charge on any atom is -0.497 e. The predicted octanol–water partition coefficient (Wildman–Crippen LogP) is 2.84. The van der Waals surface area contributed by atoms with E-state index in [2.05, 4.69) is 13.8 Å². The van der Waals surface area contributed by atoms with E-state index >= 15 is 0 Å². The molecule has 110 valence electrons. The van der Waals surface area contributed by atoms with Crippen molar-refractivity contribution in [3.05, 3.63) is 23.8 Å². The maximum absolute atomic E-state index is 10.5. The lowest BCUT2D eigenvalue weighted by molar-refractivity contribution is -0.151. The standard InChI is InChI=1S/C16H22O4/c1-15(2)10-16(6-7-19-15)9-13(17)12-5-4-11(18-3)8-14(12)20-16/h4-5,8,13,17H,6-7,9-10H2,1-3H3/t13-,16?/m1/s1. The van der Waals surface area contributed by atoms with Crippen LogP contribution in [0.1, 0.15) is 44.8 Å². The molecule has 20 heavy (non-hydrogen) atoms. The molecule has 2 aliphatic heterocycles. The van der Waals surface area contributed by atoms with Gasteiger partial charge in [0.15, 0.2) is 0 Å². The first-order valence-electron chi connectivity index (χ1n) is 7.12. The molecule has 0 saturated carbocycles. The van der Waals surface area contributed by atoms with E-state index in [0.29, 0.717) is 13.0 Å². The van der Waals surface area contributed by atoms with Crippen molar-refractivity contribution >= 4 is 0 Å². The van der Waals surface area contributed by atoms with Gasteiger partial charge in [0.1, 0.15) is 17.1 Å². The summed E-state index contributed by atoms with van der Waals surface area (Å²) < 4.78 is 17.3. The summed E-state index contributed by atoms with van der Waals surface area (Å²) in [4.78, 5) is 0. The zero-order chi connectivity index (χ0) is 14.4. The summed E-state index contributed by atoms with van der Waals surface area (Å²) in [6, 6.07) is 5.61.